The first-order chi connectivity index (χ1) is 29.9. The topological polar surface area (TPSA) is 190 Å². The van der Waals surface area contributed by atoms with Crippen LogP contribution in [0, 0.1) is 0 Å². The van der Waals surface area contributed by atoms with Crippen LogP contribution in [0.25, 0.3) is 11.2 Å². The first-order valence-electron chi connectivity index (χ1n) is 22.9. The largest absolute Gasteiger partial charge is 0.394 e. The summed E-state index contributed by atoms with van der Waals surface area (Å²) in [4.78, 5) is 36.6. The third-order valence-corrected chi connectivity index (χ3v) is 14.1. The van der Waals surface area contributed by atoms with Gasteiger partial charge in [0.05, 0.1) is 19.5 Å². The van der Waals surface area contributed by atoms with Gasteiger partial charge in [-0.2, -0.15) is 0 Å². The van der Waals surface area contributed by atoms with Gasteiger partial charge >= 0.3 is 6.03 Å². The molecule has 3 aliphatic rings. The summed E-state index contributed by atoms with van der Waals surface area (Å²) >= 11 is 0. The van der Waals surface area contributed by atoms with E-state index in [1.165, 1.54) is 12.7 Å². The Morgan fingerprint density at radius 1 is 0.857 bits per heavy atom. The van der Waals surface area contributed by atoms with Crippen molar-refractivity contribution in [1.82, 2.24) is 39.5 Å². The van der Waals surface area contributed by atoms with Crippen LogP contribution in [-0.2, 0) is 11.3 Å². The molecule has 0 radical (unpaired) electrons. The van der Waals surface area contributed by atoms with Crippen molar-refractivity contribution in [2.75, 3.05) is 38.1 Å². The maximum Gasteiger partial charge on any atom is 0.319 e. The smallest absolute Gasteiger partial charge is 0.319 e. The van der Waals surface area contributed by atoms with Crippen molar-refractivity contribution in [3.63, 3.8) is 0 Å². The van der Waals surface area contributed by atoms with E-state index in [2.05, 4.69) is 100 Å². The van der Waals surface area contributed by atoms with Gasteiger partial charge in [0.1, 0.15) is 24.5 Å². The monoisotopic (exact) mass is 869 g/mol. The molecule has 5 heterocycles. The summed E-state index contributed by atoms with van der Waals surface area (Å²) in [6.45, 7) is 19.4. The molecule has 344 valence electrons. The maximum atomic E-state index is 14.9. The van der Waals surface area contributed by atoms with Crippen LogP contribution in [0.2, 0.25) is 0 Å². The second-order valence-electron chi connectivity index (χ2n) is 20.4. The Labute approximate surface area is 373 Å². The number of imidazole rings is 1. The van der Waals surface area contributed by atoms with Crippen LogP contribution in [0.4, 0.5) is 10.6 Å². The van der Waals surface area contributed by atoms with Crippen molar-refractivity contribution < 1.29 is 24.9 Å². The number of aliphatic hydroxyl groups excluding tert-OH is 3. The predicted molar refractivity (Wildman–Crippen MR) is 246 cm³/mol. The van der Waals surface area contributed by atoms with E-state index in [9.17, 15) is 20.1 Å². The number of amides is 2. The quantitative estimate of drug-likeness (QED) is 0.0874. The van der Waals surface area contributed by atoms with Gasteiger partial charge in [-0.3, -0.25) is 14.4 Å². The molecule has 0 bridgehead atoms. The van der Waals surface area contributed by atoms with Crippen LogP contribution in [0.15, 0.2) is 67.0 Å². The van der Waals surface area contributed by atoms with E-state index in [0.717, 1.165) is 43.2 Å². The van der Waals surface area contributed by atoms with Crippen molar-refractivity contribution in [1.29, 1.82) is 0 Å². The molecule has 2 aromatic carbocycles. The SMILES string of the molecule is CC1(C)CCCC(C)(C)N1CCNC(=O)N(Cc1nc(NCC(c2ccccc2)c2ccccc2)c2ncn([C@@H]3O[C@H](CO)[C@@H](O)[C@@H]3O)c2n1)C(CN)N1C(C)(C)CCCC1(C)C. The summed E-state index contributed by atoms with van der Waals surface area (Å²) in [6, 6.07) is 20.3. The number of fused-ring (bicyclic) bond motifs is 1. The number of nitrogens with zero attached hydrogens (tertiary/aromatic N) is 7. The van der Waals surface area contributed by atoms with Gasteiger partial charge in [-0.25, -0.2) is 19.7 Å². The summed E-state index contributed by atoms with van der Waals surface area (Å²) in [6.07, 6.45) is 2.54. The third kappa shape index (κ3) is 9.75. The zero-order valence-corrected chi connectivity index (χ0v) is 38.7. The van der Waals surface area contributed by atoms with Gasteiger partial charge < -0.3 is 41.3 Å². The summed E-state index contributed by atoms with van der Waals surface area (Å²) in [5.41, 5.74) is 9.23. The number of hydrogen-bond acceptors (Lipinski definition) is 12. The van der Waals surface area contributed by atoms with Crippen LogP contribution in [0.1, 0.15) is 123 Å². The average molecular weight is 869 g/mol. The first kappa shape index (κ1) is 46.8. The van der Waals surface area contributed by atoms with E-state index in [1.54, 1.807) is 9.47 Å². The number of carbonyl (C=O) groups is 1. The highest BCUT2D eigenvalue weighted by Gasteiger charge is 2.48. The maximum absolute atomic E-state index is 14.9. The van der Waals surface area contributed by atoms with Crippen LogP contribution in [-0.4, -0.2) is 135 Å². The zero-order chi connectivity index (χ0) is 45.3. The molecule has 15 nitrogen and oxygen atoms in total. The minimum Gasteiger partial charge on any atom is -0.394 e. The molecule has 0 aliphatic carbocycles. The number of urea groups is 1. The number of piperidine rings is 2. The Morgan fingerprint density at radius 2 is 1.43 bits per heavy atom. The Bertz CT molecular complexity index is 2080. The van der Waals surface area contributed by atoms with Crippen molar-refractivity contribution >= 4 is 23.0 Å². The van der Waals surface area contributed by atoms with Crippen molar-refractivity contribution in [3.05, 3.63) is 83.9 Å². The van der Waals surface area contributed by atoms with Crippen LogP contribution >= 0.6 is 0 Å². The normalized spacial score (nSPS) is 25.0. The van der Waals surface area contributed by atoms with Crippen LogP contribution in [0.5, 0.6) is 0 Å². The number of carbonyl (C=O) groups excluding carboxylic acids is 1. The molecule has 2 aromatic heterocycles. The Balaban J connectivity index is 1.29. The second kappa shape index (κ2) is 18.7. The summed E-state index contributed by atoms with van der Waals surface area (Å²) in [7, 11) is 0. The van der Waals surface area contributed by atoms with Gasteiger partial charge in [0, 0.05) is 54.3 Å². The van der Waals surface area contributed by atoms with Gasteiger partial charge in [0.25, 0.3) is 0 Å². The number of anilines is 1. The highest BCUT2D eigenvalue weighted by atomic mass is 16.6. The lowest BCUT2D eigenvalue weighted by Crippen LogP contribution is -2.69. The average Bonchev–Trinajstić information content (AvgIpc) is 3.78. The lowest BCUT2D eigenvalue weighted by Gasteiger charge is -2.58. The Kier molecular flexibility index (Phi) is 13.9. The predicted octanol–water partition coefficient (Wildman–Crippen LogP) is 5.56. The number of ether oxygens (including phenoxy) is 1. The van der Waals surface area contributed by atoms with Gasteiger partial charge in [-0.1, -0.05) is 60.7 Å². The van der Waals surface area contributed by atoms with Crippen LogP contribution in [0.3, 0.4) is 0 Å². The fraction of sp³-hybridized carbons (Fsp3) is 0.625. The molecule has 7 rings (SSSR count). The standard InChI is InChI=1S/C48H72N10O5/c1-45(2)21-15-22-46(3,4)57(45)26-25-50-44(62)55(37(27-49)58-47(5,6)23-16-24-48(58,7)8)29-36-53-41(51-28-34(32-17-11-9-12-18-32)33-19-13-10-14-20-33)38-42(54-36)56(31-52-38)43-40(61)39(60)35(30-59)63-43/h9-14,17-20,31,34-35,37,39-40,43,59-61H,15-16,21-30,49H2,1-8H3,(H,50,62)(H,51,53,54)/t35-,37?,39-,40+,43-/m1/s1. The molecule has 3 aliphatic heterocycles. The van der Waals surface area contributed by atoms with Crippen LogP contribution < -0.4 is 16.4 Å². The van der Waals surface area contributed by atoms with Crippen molar-refractivity contribution in [2.45, 2.75) is 159 Å². The number of nitrogens with two attached hydrogens (primary N) is 1. The number of aliphatic hydroxyl groups is 3. The molecule has 5 atom stereocenters. The molecule has 4 aromatic rings. The van der Waals surface area contributed by atoms with Gasteiger partial charge in [0.2, 0.25) is 0 Å². The van der Waals surface area contributed by atoms with E-state index in [-0.39, 0.29) is 47.2 Å². The number of hydrogen-bond donors (Lipinski definition) is 6. The molecule has 63 heavy (non-hydrogen) atoms. The molecular formula is C48H72N10O5. The van der Waals surface area contributed by atoms with E-state index < -0.39 is 37.3 Å². The highest BCUT2D eigenvalue weighted by molar-refractivity contribution is 5.83. The van der Waals surface area contributed by atoms with E-state index in [1.807, 2.05) is 36.4 Å². The Hall–Kier alpha value is -4.22. The summed E-state index contributed by atoms with van der Waals surface area (Å²) < 4.78 is 7.57. The Morgan fingerprint density at radius 3 is 1.97 bits per heavy atom. The molecule has 7 N–H and O–H groups in total. The summed E-state index contributed by atoms with van der Waals surface area (Å²) in [5, 5.41) is 38.8. The first-order valence-corrected chi connectivity index (χ1v) is 22.9. The number of benzene rings is 2. The van der Waals surface area contributed by atoms with E-state index in [0.29, 0.717) is 42.4 Å². The fourth-order valence-electron chi connectivity index (χ4n) is 11.1. The van der Waals surface area contributed by atoms with Gasteiger partial charge in [-0.15, -0.1) is 0 Å². The lowest BCUT2D eigenvalue weighted by atomic mass is 9.79. The number of rotatable bonds is 15. The van der Waals surface area contributed by atoms with Gasteiger partial charge in [-0.05, 0) is 105 Å². The minimum atomic E-state index is -1.36. The molecule has 0 spiro atoms. The van der Waals surface area contributed by atoms with Crippen molar-refractivity contribution in [3.8, 4) is 0 Å². The second-order valence-corrected chi connectivity index (χ2v) is 20.4. The molecule has 3 saturated heterocycles. The fourth-order valence-corrected chi connectivity index (χ4v) is 11.1. The number of likely N-dealkylation sites (tertiary alicyclic amines) is 2. The molecule has 0 saturated carbocycles. The van der Waals surface area contributed by atoms with E-state index >= 15 is 0 Å². The van der Waals surface area contributed by atoms with E-state index in [4.69, 9.17) is 25.4 Å². The molecule has 1 unspecified atom stereocenters. The third-order valence-electron chi connectivity index (χ3n) is 14.1. The van der Waals surface area contributed by atoms with Gasteiger partial charge in [0.15, 0.2) is 29.0 Å². The highest BCUT2D eigenvalue weighted by Crippen LogP contribution is 2.41. The molecule has 2 amide bonds. The number of nitrogens with one attached hydrogen (secondary N) is 2. The zero-order valence-electron chi connectivity index (χ0n) is 38.7. The van der Waals surface area contributed by atoms with Crippen molar-refractivity contribution in [2.24, 2.45) is 5.73 Å². The summed E-state index contributed by atoms with van der Waals surface area (Å²) in [5.74, 6) is 0.718. The molecular weight excluding hydrogens is 797 g/mol. The number of aromatic nitrogens is 4. The molecule has 15 heteroatoms. The lowest BCUT2D eigenvalue weighted by molar-refractivity contribution is -0.100. The molecule has 3 fully saturated rings. The minimum absolute atomic E-state index is 0.00360.